The van der Waals surface area contributed by atoms with E-state index >= 15 is 0 Å². The summed E-state index contributed by atoms with van der Waals surface area (Å²) >= 11 is 6.15. The summed E-state index contributed by atoms with van der Waals surface area (Å²) in [5.74, 6) is 0.0724. The van der Waals surface area contributed by atoms with E-state index in [0.717, 1.165) is 10.6 Å². The number of methoxy groups -OCH3 is 1. The first kappa shape index (κ1) is 16.0. The van der Waals surface area contributed by atoms with Crippen LogP contribution in [0.1, 0.15) is 5.56 Å². The Morgan fingerprint density at radius 3 is 2.58 bits per heavy atom. The van der Waals surface area contributed by atoms with Crippen LogP contribution >= 0.6 is 11.6 Å². The van der Waals surface area contributed by atoms with Gasteiger partial charge in [-0.3, -0.25) is 9.69 Å². The average molecular weight is 285 g/mol. The summed E-state index contributed by atoms with van der Waals surface area (Å²) in [4.78, 5) is 15.4. The molecule has 4 nitrogen and oxygen atoms in total. The maximum absolute atomic E-state index is 11.8. The normalized spacial score (nSPS) is 10.8. The lowest BCUT2D eigenvalue weighted by Crippen LogP contribution is -2.37. The molecule has 0 aromatic heterocycles. The van der Waals surface area contributed by atoms with Crippen molar-refractivity contribution in [1.29, 1.82) is 0 Å². The highest BCUT2D eigenvalue weighted by molar-refractivity contribution is 6.31. The fourth-order valence-electron chi connectivity index (χ4n) is 1.63. The first-order valence-corrected chi connectivity index (χ1v) is 6.57. The Labute approximate surface area is 119 Å². The van der Waals surface area contributed by atoms with Crippen LogP contribution in [-0.2, 0) is 16.1 Å². The lowest BCUT2D eigenvalue weighted by atomic mass is 10.2. The predicted molar refractivity (Wildman–Crippen MR) is 77.3 cm³/mol. The minimum atomic E-state index is 0.0724. The van der Waals surface area contributed by atoms with Gasteiger partial charge >= 0.3 is 0 Å². The minimum absolute atomic E-state index is 0.0724. The molecule has 0 saturated heterocycles. The molecule has 1 aromatic carbocycles. The van der Waals surface area contributed by atoms with Crippen molar-refractivity contribution < 1.29 is 9.53 Å². The fourth-order valence-corrected chi connectivity index (χ4v) is 1.83. The number of hydrogen-bond donors (Lipinski definition) is 0. The zero-order valence-electron chi connectivity index (χ0n) is 11.7. The summed E-state index contributed by atoms with van der Waals surface area (Å²) in [7, 11) is 5.17. The largest absolute Gasteiger partial charge is 0.383 e. The first-order chi connectivity index (χ1) is 9.04. The maximum atomic E-state index is 11.8. The molecule has 0 aliphatic carbocycles. The Balaban J connectivity index is 2.69. The molecule has 0 N–H and O–H groups in total. The first-order valence-electron chi connectivity index (χ1n) is 6.19. The molecule has 1 rings (SSSR count). The van der Waals surface area contributed by atoms with Crippen molar-refractivity contribution in [3.63, 3.8) is 0 Å². The van der Waals surface area contributed by atoms with Gasteiger partial charge in [0, 0.05) is 39.3 Å². The van der Waals surface area contributed by atoms with Crippen LogP contribution in [0.3, 0.4) is 0 Å². The smallest absolute Gasteiger partial charge is 0.236 e. The Morgan fingerprint density at radius 1 is 1.32 bits per heavy atom. The third kappa shape index (κ3) is 5.59. The molecule has 0 aliphatic heterocycles. The number of hydrogen-bond acceptors (Lipinski definition) is 3. The average Bonchev–Trinajstić information content (AvgIpc) is 2.38. The minimum Gasteiger partial charge on any atom is -0.383 e. The topological polar surface area (TPSA) is 32.8 Å². The van der Waals surface area contributed by atoms with Crippen molar-refractivity contribution in [2.75, 3.05) is 40.9 Å². The lowest BCUT2D eigenvalue weighted by molar-refractivity contribution is -0.130. The standard InChI is InChI=1S/C14H21ClN2O2/c1-16(2)14(18)11-17(8-9-19-3)10-12-6-4-5-7-13(12)15/h4-7H,8-11H2,1-3H3. The van der Waals surface area contributed by atoms with Crippen LogP contribution in [0, 0.1) is 0 Å². The molecular formula is C14H21ClN2O2. The summed E-state index contributed by atoms with van der Waals surface area (Å²) < 4.78 is 5.08. The highest BCUT2D eigenvalue weighted by Gasteiger charge is 2.13. The van der Waals surface area contributed by atoms with Gasteiger partial charge in [-0.15, -0.1) is 0 Å². The van der Waals surface area contributed by atoms with Crippen molar-refractivity contribution >= 4 is 17.5 Å². The van der Waals surface area contributed by atoms with Crippen molar-refractivity contribution in [2.24, 2.45) is 0 Å². The summed E-state index contributed by atoms with van der Waals surface area (Å²) in [6.45, 7) is 2.29. The molecule has 0 radical (unpaired) electrons. The molecule has 19 heavy (non-hydrogen) atoms. The second kappa shape index (κ2) is 8.15. The molecule has 0 aliphatic rings. The Kier molecular flexibility index (Phi) is 6.84. The second-order valence-corrected chi connectivity index (χ2v) is 4.99. The molecule has 106 valence electrons. The molecule has 0 atom stereocenters. The number of nitrogens with zero attached hydrogens (tertiary/aromatic N) is 2. The lowest BCUT2D eigenvalue weighted by Gasteiger charge is -2.23. The third-order valence-corrected chi connectivity index (χ3v) is 3.19. The number of rotatable bonds is 7. The van der Waals surface area contributed by atoms with Crippen LogP contribution in [0.25, 0.3) is 0 Å². The van der Waals surface area contributed by atoms with Gasteiger partial charge < -0.3 is 9.64 Å². The van der Waals surface area contributed by atoms with Crippen molar-refractivity contribution in [2.45, 2.75) is 6.54 Å². The number of likely N-dealkylation sites (N-methyl/N-ethyl adjacent to an activating group) is 1. The Bertz CT molecular complexity index is 410. The Morgan fingerprint density at radius 2 is 2.00 bits per heavy atom. The highest BCUT2D eigenvalue weighted by atomic mass is 35.5. The van der Waals surface area contributed by atoms with E-state index in [4.69, 9.17) is 16.3 Å². The van der Waals surface area contributed by atoms with E-state index in [1.54, 1.807) is 26.1 Å². The molecule has 0 saturated carbocycles. The predicted octanol–water partition coefficient (Wildman–Crippen LogP) is 1.88. The number of carbonyl (C=O) groups excluding carboxylic acids is 1. The van der Waals surface area contributed by atoms with Crippen LogP contribution in [0.2, 0.25) is 5.02 Å². The number of amides is 1. The van der Waals surface area contributed by atoms with Gasteiger partial charge in [0.05, 0.1) is 13.2 Å². The van der Waals surface area contributed by atoms with E-state index in [0.29, 0.717) is 26.2 Å². The zero-order chi connectivity index (χ0) is 14.3. The monoisotopic (exact) mass is 284 g/mol. The number of benzene rings is 1. The van der Waals surface area contributed by atoms with Crippen LogP contribution in [0.4, 0.5) is 0 Å². The highest BCUT2D eigenvalue weighted by Crippen LogP contribution is 2.16. The summed E-state index contributed by atoms with van der Waals surface area (Å²) in [6, 6.07) is 7.68. The zero-order valence-corrected chi connectivity index (χ0v) is 12.5. The van der Waals surface area contributed by atoms with Gasteiger partial charge in [0.25, 0.3) is 0 Å². The van der Waals surface area contributed by atoms with Gasteiger partial charge in [-0.05, 0) is 11.6 Å². The summed E-state index contributed by atoms with van der Waals surface area (Å²) in [5.41, 5.74) is 1.02. The van der Waals surface area contributed by atoms with Gasteiger partial charge in [0.15, 0.2) is 0 Å². The van der Waals surface area contributed by atoms with Crippen molar-refractivity contribution in [3.05, 3.63) is 34.9 Å². The quantitative estimate of drug-likeness (QED) is 0.766. The molecule has 0 spiro atoms. The summed E-state index contributed by atoms with van der Waals surface area (Å²) in [5, 5.41) is 0.724. The van der Waals surface area contributed by atoms with Crippen molar-refractivity contribution in [1.82, 2.24) is 9.80 Å². The third-order valence-electron chi connectivity index (χ3n) is 2.82. The van der Waals surface area contributed by atoms with Crippen molar-refractivity contribution in [3.8, 4) is 0 Å². The Hall–Kier alpha value is -1.10. The molecule has 1 amide bonds. The van der Waals surface area contributed by atoms with Gasteiger partial charge in [0.1, 0.15) is 0 Å². The van der Waals surface area contributed by atoms with Gasteiger partial charge in [-0.2, -0.15) is 0 Å². The molecule has 0 heterocycles. The second-order valence-electron chi connectivity index (χ2n) is 4.58. The van der Waals surface area contributed by atoms with Gasteiger partial charge in [-0.25, -0.2) is 0 Å². The molecule has 0 unspecified atom stereocenters. The number of halogens is 1. The maximum Gasteiger partial charge on any atom is 0.236 e. The molecule has 1 aromatic rings. The van der Waals surface area contributed by atoms with E-state index in [9.17, 15) is 4.79 Å². The van der Waals surface area contributed by atoms with E-state index in [-0.39, 0.29) is 5.91 Å². The number of carbonyl (C=O) groups is 1. The number of ether oxygens (including phenoxy) is 1. The SMILES string of the molecule is COCCN(CC(=O)N(C)C)Cc1ccccc1Cl. The van der Waals surface area contributed by atoms with E-state index in [2.05, 4.69) is 0 Å². The van der Waals surface area contributed by atoms with E-state index < -0.39 is 0 Å². The van der Waals surface area contributed by atoms with E-state index in [1.165, 1.54) is 0 Å². The molecule has 0 fully saturated rings. The fraction of sp³-hybridized carbons (Fsp3) is 0.500. The molecule has 5 heteroatoms. The van der Waals surface area contributed by atoms with Crippen LogP contribution in [0.15, 0.2) is 24.3 Å². The molecular weight excluding hydrogens is 264 g/mol. The summed E-state index contributed by atoms with van der Waals surface area (Å²) in [6.07, 6.45) is 0. The van der Waals surface area contributed by atoms with Gasteiger partial charge in [0.2, 0.25) is 5.91 Å². The van der Waals surface area contributed by atoms with Crippen LogP contribution in [0.5, 0.6) is 0 Å². The molecule has 0 bridgehead atoms. The van der Waals surface area contributed by atoms with Crippen LogP contribution in [-0.4, -0.2) is 56.6 Å². The van der Waals surface area contributed by atoms with E-state index in [1.807, 2.05) is 29.2 Å². The van der Waals surface area contributed by atoms with Crippen LogP contribution < -0.4 is 0 Å². The van der Waals surface area contributed by atoms with Gasteiger partial charge in [-0.1, -0.05) is 29.8 Å².